The van der Waals surface area contributed by atoms with E-state index in [9.17, 15) is 4.79 Å². The SMILES string of the molecule is COc1cc(Oc2ccc(C(=O)c3c[nH]c4ncnc(Cl)c34)c(Cl)c2)c2occc2c1. The molecule has 5 rings (SSSR count). The number of fused-ring (bicyclic) bond motifs is 2. The third kappa shape index (κ3) is 3.37. The van der Waals surface area contributed by atoms with E-state index in [0.717, 1.165) is 5.39 Å². The Morgan fingerprint density at radius 1 is 1.06 bits per heavy atom. The van der Waals surface area contributed by atoms with Gasteiger partial charge in [-0.3, -0.25) is 4.79 Å². The van der Waals surface area contributed by atoms with Gasteiger partial charge in [0.05, 0.1) is 29.3 Å². The summed E-state index contributed by atoms with van der Waals surface area (Å²) in [6.07, 6.45) is 4.43. The summed E-state index contributed by atoms with van der Waals surface area (Å²) in [6, 6.07) is 10.2. The highest BCUT2D eigenvalue weighted by Crippen LogP contribution is 2.36. The Balaban J connectivity index is 1.49. The first kappa shape index (κ1) is 19.4. The number of H-pyrrole nitrogens is 1. The molecule has 154 valence electrons. The summed E-state index contributed by atoms with van der Waals surface area (Å²) in [7, 11) is 1.57. The number of aromatic nitrogens is 3. The fraction of sp³-hybridized carbons (Fsp3) is 0.0455. The highest BCUT2D eigenvalue weighted by atomic mass is 35.5. The van der Waals surface area contributed by atoms with Gasteiger partial charge in [0.25, 0.3) is 0 Å². The third-order valence-electron chi connectivity index (χ3n) is 4.81. The number of ether oxygens (including phenoxy) is 2. The summed E-state index contributed by atoms with van der Waals surface area (Å²) in [4.78, 5) is 24.0. The van der Waals surface area contributed by atoms with E-state index in [4.69, 9.17) is 37.1 Å². The van der Waals surface area contributed by atoms with Crippen LogP contribution in [0, 0.1) is 0 Å². The molecule has 5 aromatic rings. The first-order valence-electron chi connectivity index (χ1n) is 9.10. The zero-order chi connectivity index (χ0) is 21.5. The summed E-state index contributed by atoms with van der Waals surface area (Å²) in [6.45, 7) is 0. The summed E-state index contributed by atoms with van der Waals surface area (Å²) in [5.41, 5.74) is 1.68. The molecule has 0 atom stereocenters. The third-order valence-corrected chi connectivity index (χ3v) is 5.41. The van der Waals surface area contributed by atoms with Crippen LogP contribution < -0.4 is 9.47 Å². The lowest BCUT2D eigenvalue weighted by Gasteiger charge is -2.10. The summed E-state index contributed by atoms with van der Waals surface area (Å²) in [5, 5.41) is 1.70. The van der Waals surface area contributed by atoms with E-state index in [2.05, 4.69) is 15.0 Å². The second-order valence-corrected chi connectivity index (χ2v) is 7.39. The number of methoxy groups -OCH3 is 1. The van der Waals surface area contributed by atoms with Crippen molar-refractivity contribution in [3.05, 3.63) is 76.5 Å². The molecule has 0 amide bonds. The molecule has 3 heterocycles. The van der Waals surface area contributed by atoms with Gasteiger partial charge in [-0.2, -0.15) is 0 Å². The van der Waals surface area contributed by atoms with Crippen molar-refractivity contribution in [1.29, 1.82) is 0 Å². The van der Waals surface area contributed by atoms with Crippen LogP contribution in [0.4, 0.5) is 0 Å². The van der Waals surface area contributed by atoms with Crippen molar-refractivity contribution in [3.63, 3.8) is 0 Å². The molecule has 0 unspecified atom stereocenters. The second-order valence-electron chi connectivity index (χ2n) is 6.63. The lowest BCUT2D eigenvalue weighted by atomic mass is 10.0. The average Bonchev–Trinajstić information content (AvgIpc) is 3.41. The number of carbonyl (C=O) groups is 1. The van der Waals surface area contributed by atoms with Crippen LogP contribution in [0.15, 0.2) is 59.6 Å². The van der Waals surface area contributed by atoms with Crippen molar-refractivity contribution in [2.45, 2.75) is 0 Å². The Bertz CT molecular complexity index is 1460. The summed E-state index contributed by atoms with van der Waals surface area (Å²) < 4.78 is 16.8. The monoisotopic (exact) mass is 453 g/mol. The van der Waals surface area contributed by atoms with Gasteiger partial charge in [-0.1, -0.05) is 23.2 Å². The van der Waals surface area contributed by atoms with Gasteiger partial charge in [-0.15, -0.1) is 0 Å². The van der Waals surface area contributed by atoms with Gasteiger partial charge in [-0.05, 0) is 24.3 Å². The predicted molar refractivity (Wildman–Crippen MR) is 117 cm³/mol. The van der Waals surface area contributed by atoms with Gasteiger partial charge in [0.2, 0.25) is 0 Å². The van der Waals surface area contributed by atoms with Crippen molar-refractivity contribution in [2.75, 3.05) is 7.11 Å². The van der Waals surface area contributed by atoms with Crippen LogP contribution >= 0.6 is 23.2 Å². The summed E-state index contributed by atoms with van der Waals surface area (Å²) in [5.74, 6) is 1.22. The maximum absolute atomic E-state index is 13.1. The van der Waals surface area contributed by atoms with Gasteiger partial charge in [0.1, 0.15) is 28.6 Å². The number of furan rings is 1. The minimum absolute atomic E-state index is 0.186. The number of nitrogens with one attached hydrogen (secondary N) is 1. The standard InChI is InChI=1S/C22H13Cl2N3O4/c1-29-13-6-11-4-5-30-20(11)17(8-13)31-12-2-3-14(16(23)7-12)19(28)15-9-25-22-18(15)21(24)26-10-27-22/h2-10H,1H3,(H,25,26,27). The van der Waals surface area contributed by atoms with Crippen LogP contribution in [0.3, 0.4) is 0 Å². The molecule has 0 spiro atoms. The Hall–Kier alpha value is -3.55. The molecule has 0 aliphatic heterocycles. The topological polar surface area (TPSA) is 90.2 Å². The fourth-order valence-electron chi connectivity index (χ4n) is 3.34. The van der Waals surface area contributed by atoms with Gasteiger partial charge in [-0.25, -0.2) is 9.97 Å². The van der Waals surface area contributed by atoms with Gasteiger partial charge < -0.3 is 18.9 Å². The van der Waals surface area contributed by atoms with Crippen molar-refractivity contribution >= 4 is 51.0 Å². The van der Waals surface area contributed by atoms with E-state index < -0.39 is 0 Å². The van der Waals surface area contributed by atoms with Crippen LogP contribution in [0.1, 0.15) is 15.9 Å². The normalized spacial score (nSPS) is 11.2. The smallest absolute Gasteiger partial charge is 0.196 e. The van der Waals surface area contributed by atoms with E-state index in [0.29, 0.717) is 45.0 Å². The molecule has 0 aliphatic carbocycles. The van der Waals surface area contributed by atoms with E-state index >= 15 is 0 Å². The van der Waals surface area contributed by atoms with Crippen molar-refractivity contribution in [1.82, 2.24) is 15.0 Å². The highest BCUT2D eigenvalue weighted by Gasteiger charge is 2.20. The molecule has 0 aliphatic rings. The van der Waals surface area contributed by atoms with E-state index in [-0.39, 0.29) is 16.0 Å². The first-order chi connectivity index (χ1) is 15.0. The Kier molecular flexibility index (Phi) is 4.77. The number of rotatable bonds is 5. The van der Waals surface area contributed by atoms with Gasteiger partial charge >= 0.3 is 0 Å². The molecule has 3 aromatic heterocycles. The molecular formula is C22H13Cl2N3O4. The van der Waals surface area contributed by atoms with E-state index in [1.165, 1.54) is 12.5 Å². The van der Waals surface area contributed by atoms with Crippen LogP contribution in [0.2, 0.25) is 10.2 Å². The number of nitrogens with zero attached hydrogens (tertiary/aromatic N) is 2. The summed E-state index contributed by atoms with van der Waals surface area (Å²) >= 11 is 12.6. The van der Waals surface area contributed by atoms with Crippen molar-refractivity contribution in [3.8, 4) is 17.2 Å². The van der Waals surface area contributed by atoms with Crippen LogP contribution in [0.5, 0.6) is 17.2 Å². The maximum Gasteiger partial charge on any atom is 0.196 e. The molecule has 1 N–H and O–H groups in total. The van der Waals surface area contributed by atoms with Gasteiger partial charge in [0.15, 0.2) is 17.1 Å². The largest absolute Gasteiger partial charge is 0.497 e. The zero-order valence-electron chi connectivity index (χ0n) is 16.0. The molecular weight excluding hydrogens is 441 g/mol. The lowest BCUT2D eigenvalue weighted by Crippen LogP contribution is -2.02. The number of hydrogen-bond donors (Lipinski definition) is 1. The van der Waals surface area contributed by atoms with Crippen LogP contribution in [-0.4, -0.2) is 27.8 Å². The van der Waals surface area contributed by atoms with E-state index in [1.807, 2.05) is 12.1 Å². The zero-order valence-corrected chi connectivity index (χ0v) is 17.5. The molecule has 31 heavy (non-hydrogen) atoms. The number of aromatic amines is 1. The molecule has 7 nitrogen and oxygen atoms in total. The van der Waals surface area contributed by atoms with Gasteiger partial charge in [0, 0.05) is 29.3 Å². The minimum Gasteiger partial charge on any atom is -0.497 e. The number of halogens is 2. The highest BCUT2D eigenvalue weighted by molar-refractivity contribution is 6.38. The van der Waals surface area contributed by atoms with Crippen molar-refractivity contribution < 1.29 is 18.7 Å². The number of hydrogen-bond acceptors (Lipinski definition) is 6. The number of carbonyl (C=O) groups excluding carboxylic acids is 1. The quantitative estimate of drug-likeness (QED) is 0.257. The van der Waals surface area contributed by atoms with Crippen LogP contribution in [-0.2, 0) is 0 Å². The molecule has 2 aromatic carbocycles. The Morgan fingerprint density at radius 2 is 1.94 bits per heavy atom. The molecule has 9 heteroatoms. The molecule has 0 radical (unpaired) electrons. The first-order valence-corrected chi connectivity index (χ1v) is 9.85. The number of ketones is 1. The Morgan fingerprint density at radius 3 is 2.74 bits per heavy atom. The maximum atomic E-state index is 13.1. The minimum atomic E-state index is -0.311. The molecule has 0 saturated carbocycles. The van der Waals surface area contributed by atoms with Crippen molar-refractivity contribution in [2.24, 2.45) is 0 Å². The Labute approximate surface area is 185 Å². The number of benzene rings is 2. The lowest BCUT2D eigenvalue weighted by molar-refractivity contribution is 0.104. The second kappa shape index (κ2) is 7.61. The van der Waals surface area contributed by atoms with E-state index in [1.54, 1.807) is 37.6 Å². The van der Waals surface area contributed by atoms with Crippen LogP contribution in [0.25, 0.3) is 22.0 Å². The molecule has 0 fully saturated rings. The predicted octanol–water partition coefficient (Wildman–Crippen LogP) is 6.04. The molecule has 0 saturated heterocycles. The fourth-order valence-corrected chi connectivity index (χ4v) is 3.83. The molecule has 0 bridgehead atoms. The average molecular weight is 454 g/mol.